The molecule has 1 heterocycles. The molecular weight excluding hydrogens is 392 g/mol. The molecule has 2 N–H and O–H groups in total. The van der Waals surface area contributed by atoms with Crippen LogP contribution in [0.25, 0.3) is 0 Å². The Bertz CT molecular complexity index is 628. The van der Waals surface area contributed by atoms with Crippen LogP contribution in [0.1, 0.15) is 51.6 Å². The van der Waals surface area contributed by atoms with Gasteiger partial charge in [-0.1, -0.05) is 19.9 Å². The summed E-state index contributed by atoms with van der Waals surface area (Å²) in [6.45, 7) is 9.11. The van der Waals surface area contributed by atoms with Gasteiger partial charge in [0.1, 0.15) is 0 Å². The summed E-state index contributed by atoms with van der Waals surface area (Å²) >= 11 is 0. The number of carbonyl (C=O) groups is 1. The van der Waals surface area contributed by atoms with Gasteiger partial charge < -0.3 is 24.8 Å². The molecule has 7 heteroatoms. The van der Waals surface area contributed by atoms with E-state index >= 15 is 0 Å². The molecule has 1 aromatic rings. The number of halogens is 1. The van der Waals surface area contributed by atoms with Gasteiger partial charge in [0.05, 0.1) is 31.8 Å². The Morgan fingerprint density at radius 3 is 2.45 bits per heavy atom. The third-order valence-electron chi connectivity index (χ3n) is 5.45. The normalized spacial score (nSPS) is 16.6. The highest BCUT2D eigenvalue weighted by Gasteiger charge is 2.40. The number of carbonyl (C=O) groups excluding carboxylic acids is 1. The van der Waals surface area contributed by atoms with Crippen molar-refractivity contribution in [2.24, 2.45) is 11.3 Å². The van der Waals surface area contributed by atoms with Crippen molar-refractivity contribution < 1.29 is 19.0 Å². The molecule has 29 heavy (non-hydrogen) atoms. The van der Waals surface area contributed by atoms with E-state index in [2.05, 4.69) is 24.5 Å². The maximum Gasteiger partial charge on any atom is 0.229 e. The zero-order valence-corrected chi connectivity index (χ0v) is 19.2. The number of amides is 1. The zero-order valence-electron chi connectivity index (χ0n) is 18.4. The van der Waals surface area contributed by atoms with Crippen LogP contribution in [0.4, 0.5) is 0 Å². The van der Waals surface area contributed by atoms with E-state index in [0.717, 1.165) is 43.7 Å². The van der Waals surface area contributed by atoms with Crippen molar-refractivity contribution in [2.45, 2.75) is 46.1 Å². The van der Waals surface area contributed by atoms with Gasteiger partial charge in [0.15, 0.2) is 11.5 Å². The summed E-state index contributed by atoms with van der Waals surface area (Å²) in [5, 5.41) is 6.49. The third-order valence-corrected chi connectivity index (χ3v) is 5.45. The van der Waals surface area contributed by atoms with E-state index in [0.29, 0.717) is 24.9 Å². The van der Waals surface area contributed by atoms with Crippen LogP contribution in [-0.2, 0) is 9.53 Å². The van der Waals surface area contributed by atoms with Crippen LogP contribution in [0.15, 0.2) is 18.2 Å². The summed E-state index contributed by atoms with van der Waals surface area (Å²) in [5.74, 6) is 2.07. The second-order valence-electron chi connectivity index (χ2n) is 8.10. The lowest BCUT2D eigenvalue weighted by molar-refractivity contribution is -0.136. The molecule has 1 amide bonds. The van der Waals surface area contributed by atoms with Gasteiger partial charge >= 0.3 is 0 Å². The molecule has 0 aromatic heterocycles. The average molecular weight is 429 g/mol. The van der Waals surface area contributed by atoms with Gasteiger partial charge in [-0.05, 0) is 62.9 Å². The number of methoxy groups -OCH3 is 2. The molecule has 1 aliphatic heterocycles. The molecule has 0 spiro atoms. The maximum atomic E-state index is 13.0. The first kappa shape index (κ1) is 25.5. The van der Waals surface area contributed by atoms with Gasteiger partial charge in [-0.15, -0.1) is 12.4 Å². The summed E-state index contributed by atoms with van der Waals surface area (Å²) in [6, 6.07) is 5.73. The largest absolute Gasteiger partial charge is 0.493 e. The SMILES string of the molecule is COCC1(C(=O)NC(C)c2ccc(OCCC(C)C)c(OC)c2)CCNCC1.Cl. The van der Waals surface area contributed by atoms with Crippen LogP contribution in [0.5, 0.6) is 11.5 Å². The highest BCUT2D eigenvalue weighted by molar-refractivity contribution is 5.85. The minimum absolute atomic E-state index is 0. The van der Waals surface area contributed by atoms with E-state index in [1.54, 1.807) is 14.2 Å². The van der Waals surface area contributed by atoms with Crippen molar-refractivity contribution in [1.29, 1.82) is 0 Å². The summed E-state index contributed by atoms with van der Waals surface area (Å²) in [4.78, 5) is 13.0. The quantitative estimate of drug-likeness (QED) is 0.594. The number of hydrogen-bond acceptors (Lipinski definition) is 5. The number of ether oxygens (including phenoxy) is 3. The van der Waals surface area contributed by atoms with Crippen LogP contribution in [0, 0.1) is 11.3 Å². The molecule has 166 valence electrons. The lowest BCUT2D eigenvalue weighted by atomic mass is 9.78. The highest BCUT2D eigenvalue weighted by atomic mass is 35.5. The molecule has 0 radical (unpaired) electrons. The second kappa shape index (κ2) is 12.3. The molecule has 1 saturated heterocycles. The van der Waals surface area contributed by atoms with Crippen LogP contribution < -0.4 is 20.1 Å². The number of benzene rings is 1. The van der Waals surface area contributed by atoms with Crippen molar-refractivity contribution in [3.8, 4) is 11.5 Å². The summed E-state index contributed by atoms with van der Waals surface area (Å²) in [7, 11) is 3.30. The molecule has 1 aromatic carbocycles. The minimum Gasteiger partial charge on any atom is -0.493 e. The Kier molecular flexibility index (Phi) is 10.8. The van der Waals surface area contributed by atoms with E-state index < -0.39 is 5.41 Å². The van der Waals surface area contributed by atoms with Crippen molar-refractivity contribution in [2.75, 3.05) is 40.5 Å². The minimum atomic E-state index is -0.460. The third kappa shape index (κ3) is 7.05. The highest BCUT2D eigenvalue weighted by Crippen LogP contribution is 2.33. The number of piperidine rings is 1. The van der Waals surface area contributed by atoms with Crippen molar-refractivity contribution in [1.82, 2.24) is 10.6 Å². The average Bonchev–Trinajstić information content (AvgIpc) is 2.68. The maximum absolute atomic E-state index is 13.0. The number of nitrogens with one attached hydrogen (secondary N) is 2. The second-order valence-corrected chi connectivity index (χ2v) is 8.10. The van der Waals surface area contributed by atoms with Gasteiger partial charge in [-0.2, -0.15) is 0 Å². The molecule has 1 aliphatic rings. The first-order chi connectivity index (χ1) is 13.4. The lowest BCUT2D eigenvalue weighted by Gasteiger charge is -2.36. The Morgan fingerprint density at radius 1 is 1.17 bits per heavy atom. The Balaban J connectivity index is 0.00000420. The van der Waals surface area contributed by atoms with Gasteiger partial charge in [-0.25, -0.2) is 0 Å². The Morgan fingerprint density at radius 2 is 1.86 bits per heavy atom. The van der Waals surface area contributed by atoms with Gasteiger partial charge in [0.2, 0.25) is 5.91 Å². The standard InChI is InChI=1S/C22H36N2O4.ClH/c1-16(2)8-13-28-19-7-6-18(14-20(19)27-5)17(3)24-21(25)22(15-26-4)9-11-23-12-10-22;/h6-7,14,16-17,23H,8-13,15H2,1-5H3,(H,24,25);1H. The smallest absolute Gasteiger partial charge is 0.229 e. The molecule has 1 fully saturated rings. The number of rotatable bonds is 10. The predicted molar refractivity (Wildman–Crippen MR) is 118 cm³/mol. The van der Waals surface area contributed by atoms with E-state index in [1.807, 2.05) is 25.1 Å². The topological polar surface area (TPSA) is 68.8 Å². The zero-order chi connectivity index (χ0) is 20.6. The van der Waals surface area contributed by atoms with Gasteiger partial charge in [-0.3, -0.25) is 4.79 Å². The van der Waals surface area contributed by atoms with E-state index in [-0.39, 0.29) is 24.4 Å². The van der Waals surface area contributed by atoms with Crippen molar-refractivity contribution >= 4 is 18.3 Å². The fourth-order valence-electron chi connectivity index (χ4n) is 3.53. The molecule has 2 rings (SSSR count). The number of hydrogen-bond donors (Lipinski definition) is 2. The Labute approximate surface area is 181 Å². The molecular formula is C22H37ClN2O4. The Hall–Kier alpha value is -1.50. The molecule has 0 bridgehead atoms. The molecule has 1 unspecified atom stereocenters. The summed E-state index contributed by atoms with van der Waals surface area (Å²) in [6.07, 6.45) is 2.56. The van der Waals surface area contributed by atoms with Crippen molar-refractivity contribution in [3.63, 3.8) is 0 Å². The first-order valence-electron chi connectivity index (χ1n) is 10.2. The molecule has 0 aliphatic carbocycles. The summed E-state index contributed by atoms with van der Waals surface area (Å²) < 4.78 is 16.7. The van der Waals surface area contributed by atoms with Crippen LogP contribution >= 0.6 is 12.4 Å². The van der Waals surface area contributed by atoms with E-state index in [1.165, 1.54) is 0 Å². The summed E-state index contributed by atoms with van der Waals surface area (Å²) in [5.41, 5.74) is 0.529. The first-order valence-corrected chi connectivity index (χ1v) is 10.2. The lowest BCUT2D eigenvalue weighted by Crippen LogP contribution is -2.50. The molecule has 6 nitrogen and oxygen atoms in total. The van der Waals surface area contributed by atoms with Crippen LogP contribution in [0.2, 0.25) is 0 Å². The van der Waals surface area contributed by atoms with Gasteiger partial charge in [0.25, 0.3) is 0 Å². The van der Waals surface area contributed by atoms with E-state index in [4.69, 9.17) is 14.2 Å². The van der Waals surface area contributed by atoms with Gasteiger partial charge in [0, 0.05) is 7.11 Å². The fraction of sp³-hybridized carbons (Fsp3) is 0.682. The van der Waals surface area contributed by atoms with E-state index in [9.17, 15) is 4.79 Å². The predicted octanol–water partition coefficient (Wildman–Crippen LogP) is 3.74. The fourth-order valence-corrected chi connectivity index (χ4v) is 3.53. The molecule has 1 atom stereocenters. The van der Waals surface area contributed by atoms with Crippen LogP contribution in [-0.4, -0.2) is 46.4 Å². The van der Waals surface area contributed by atoms with Crippen LogP contribution in [0.3, 0.4) is 0 Å². The van der Waals surface area contributed by atoms with Crippen molar-refractivity contribution in [3.05, 3.63) is 23.8 Å². The molecule has 0 saturated carbocycles. The monoisotopic (exact) mass is 428 g/mol.